The van der Waals surface area contributed by atoms with Crippen molar-refractivity contribution in [2.24, 2.45) is 0 Å². The van der Waals surface area contributed by atoms with Crippen LogP contribution in [0.25, 0.3) is 0 Å². The summed E-state index contributed by atoms with van der Waals surface area (Å²) in [5, 5.41) is 7.19. The third-order valence-electron chi connectivity index (χ3n) is 2.48. The molecule has 0 spiro atoms. The van der Waals surface area contributed by atoms with Crippen LogP contribution in [0.3, 0.4) is 0 Å². The molecule has 102 valence electrons. The van der Waals surface area contributed by atoms with E-state index in [-0.39, 0.29) is 0 Å². The zero-order chi connectivity index (χ0) is 13.7. The Bertz CT molecular complexity index is 595. The van der Waals surface area contributed by atoms with Gasteiger partial charge in [-0.3, -0.25) is 5.10 Å². The number of hydrogen-bond acceptors (Lipinski definition) is 4. The van der Waals surface area contributed by atoms with Gasteiger partial charge in [0.05, 0.1) is 13.2 Å². The molecule has 0 bridgehead atoms. The number of H-pyrrole nitrogens is 1. The van der Waals surface area contributed by atoms with Crippen molar-refractivity contribution in [3.63, 3.8) is 0 Å². The van der Waals surface area contributed by atoms with Gasteiger partial charge in [-0.15, -0.1) is 0 Å². The minimum absolute atomic E-state index is 0.512. The number of benzene rings is 1. The fraction of sp³-hybridized carbons (Fsp3) is 0.333. The number of rotatable bonds is 6. The maximum Gasteiger partial charge on any atom is 0.214 e. The van der Waals surface area contributed by atoms with Gasteiger partial charge >= 0.3 is 0 Å². The Morgan fingerprint density at radius 1 is 1.53 bits per heavy atom. The van der Waals surface area contributed by atoms with E-state index in [1.165, 1.54) is 0 Å². The number of aromatic amines is 1. The number of ether oxygens (including phenoxy) is 1. The molecule has 2 rings (SSSR count). The number of halogens is 1. The van der Waals surface area contributed by atoms with E-state index < -0.39 is 0 Å². The summed E-state index contributed by atoms with van der Waals surface area (Å²) in [6, 6.07) is 5.58. The van der Waals surface area contributed by atoms with Crippen LogP contribution in [0, 0.1) is 4.77 Å². The molecule has 1 aromatic carbocycles. The first-order valence-corrected chi connectivity index (χ1v) is 6.76. The molecule has 0 amide bonds. The monoisotopic (exact) mass is 298 g/mol. The summed E-state index contributed by atoms with van der Waals surface area (Å²) in [6.45, 7) is 3.30. The lowest BCUT2D eigenvalue weighted by molar-refractivity contribution is 0.314. The zero-order valence-corrected chi connectivity index (χ0v) is 12.1. The third-order valence-corrected chi connectivity index (χ3v) is 3.00. The van der Waals surface area contributed by atoms with Crippen molar-refractivity contribution in [1.82, 2.24) is 14.9 Å². The molecule has 19 heavy (non-hydrogen) atoms. The van der Waals surface area contributed by atoms with Gasteiger partial charge in [-0.2, -0.15) is 5.10 Å². The van der Waals surface area contributed by atoms with Crippen molar-refractivity contribution in [2.45, 2.75) is 19.9 Å². The van der Waals surface area contributed by atoms with Gasteiger partial charge in [0, 0.05) is 10.6 Å². The van der Waals surface area contributed by atoms with Crippen molar-refractivity contribution in [2.75, 3.05) is 12.0 Å². The molecule has 0 aliphatic heterocycles. The number of nitrogens with zero attached hydrogens (tertiary/aromatic N) is 2. The molecule has 7 heteroatoms. The Balaban J connectivity index is 2.11. The maximum atomic E-state index is 6.01. The van der Waals surface area contributed by atoms with Crippen molar-refractivity contribution in [1.29, 1.82) is 0 Å². The van der Waals surface area contributed by atoms with E-state index in [2.05, 4.69) is 22.5 Å². The minimum atomic E-state index is 0.512. The second-order valence-electron chi connectivity index (χ2n) is 3.97. The summed E-state index contributed by atoms with van der Waals surface area (Å²) in [7, 11) is 0. The fourth-order valence-electron chi connectivity index (χ4n) is 1.57. The molecular formula is C12H15ClN4OS. The first kappa shape index (κ1) is 13.9. The predicted molar refractivity (Wildman–Crippen MR) is 77.7 cm³/mol. The minimum Gasteiger partial charge on any atom is -0.493 e. The van der Waals surface area contributed by atoms with Crippen LogP contribution < -0.4 is 10.2 Å². The Hall–Kier alpha value is -1.53. The molecular weight excluding hydrogens is 284 g/mol. The van der Waals surface area contributed by atoms with Crippen molar-refractivity contribution < 1.29 is 4.74 Å². The first-order valence-electron chi connectivity index (χ1n) is 5.98. The largest absolute Gasteiger partial charge is 0.493 e. The second-order valence-corrected chi connectivity index (χ2v) is 4.79. The first-order chi connectivity index (χ1) is 9.20. The second kappa shape index (κ2) is 6.58. The van der Waals surface area contributed by atoms with Crippen LogP contribution in [0.2, 0.25) is 5.02 Å². The molecule has 1 heterocycles. The summed E-state index contributed by atoms with van der Waals surface area (Å²) < 4.78 is 7.83. The van der Waals surface area contributed by atoms with E-state index in [4.69, 9.17) is 28.6 Å². The highest BCUT2D eigenvalue weighted by molar-refractivity contribution is 7.71. The summed E-state index contributed by atoms with van der Waals surface area (Å²) in [6.07, 6.45) is 2.54. The van der Waals surface area contributed by atoms with E-state index in [0.717, 1.165) is 17.7 Å². The van der Waals surface area contributed by atoms with Gasteiger partial charge < -0.3 is 10.2 Å². The standard InChI is InChI=1S/C12H15ClN4OS/c1-2-5-18-11-4-3-10(13)6-9(11)7-15-17-8-14-16-12(17)19/h3-4,6,8,15H,2,5,7H2,1H3,(H,16,19). The fourth-order valence-corrected chi connectivity index (χ4v) is 1.93. The van der Waals surface area contributed by atoms with Crippen molar-refractivity contribution in [3.05, 3.63) is 39.9 Å². The molecule has 2 aromatic rings. The Morgan fingerprint density at radius 2 is 2.37 bits per heavy atom. The van der Waals surface area contributed by atoms with Crippen LogP contribution in [0.1, 0.15) is 18.9 Å². The number of nitrogens with one attached hydrogen (secondary N) is 2. The molecule has 0 aliphatic carbocycles. The topological polar surface area (TPSA) is 54.9 Å². The average Bonchev–Trinajstić information content (AvgIpc) is 2.81. The van der Waals surface area contributed by atoms with Crippen LogP contribution in [0.4, 0.5) is 0 Å². The SMILES string of the molecule is CCCOc1ccc(Cl)cc1CNn1cn[nH]c1=S. The molecule has 0 saturated carbocycles. The van der Waals surface area contributed by atoms with E-state index in [1.54, 1.807) is 11.0 Å². The van der Waals surface area contributed by atoms with Crippen molar-refractivity contribution >= 4 is 23.8 Å². The summed E-state index contributed by atoms with van der Waals surface area (Å²) >= 11 is 11.1. The molecule has 0 saturated heterocycles. The molecule has 0 aliphatic rings. The lowest BCUT2D eigenvalue weighted by Crippen LogP contribution is -2.14. The Kier molecular flexibility index (Phi) is 4.81. The molecule has 0 radical (unpaired) electrons. The lowest BCUT2D eigenvalue weighted by atomic mass is 10.2. The average molecular weight is 299 g/mol. The zero-order valence-electron chi connectivity index (χ0n) is 10.5. The van der Waals surface area contributed by atoms with Gasteiger partial charge in [-0.1, -0.05) is 18.5 Å². The quantitative estimate of drug-likeness (QED) is 0.805. The number of hydrogen-bond donors (Lipinski definition) is 2. The Labute approximate surface area is 121 Å². The predicted octanol–water partition coefficient (Wildman–Crippen LogP) is 3.13. The molecule has 1 aromatic heterocycles. The Morgan fingerprint density at radius 3 is 3.05 bits per heavy atom. The van der Waals surface area contributed by atoms with Gasteiger partial charge in [0.2, 0.25) is 4.77 Å². The molecule has 0 fully saturated rings. The van der Waals surface area contributed by atoms with Crippen LogP contribution in [0.15, 0.2) is 24.5 Å². The number of aromatic nitrogens is 3. The molecule has 0 unspecified atom stereocenters. The lowest BCUT2D eigenvalue weighted by Gasteiger charge is -2.12. The van der Waals surface area contributed by atoms with Crippen LogP contribution >= 0.6 is 23.8 Å². The van der Waals surface area contributed by atoms with E-state index in [1.807, 2.05) is 18.2 Å². The van der Waals surface area contributed by atoms with Gasteiger partial charge in [0.25, 0.3) is 0 Å². The third kappa shape index (κ3) is 3.71. The van der Waals surface area contributed by atoms with Gasteiger partial charge in [0.15, 0.2) is 0 Å². The van der Waals surface area contributed by atoms with Crippen molar-refractivity contribution in [3.8, 4) is 5.75 Å². The summed E-state index contributed by atoms with van der Waals surface area (Å²) in [5.41, 5.74) is 4.11. The highest BCUT2D eigenvalue weighted by Gasteiger charge is 2.05. The molecule has 5 nitrogen and oxygen atoms in total. The van der Waals surface area contributed by atoms with E-state index in [9.17, 15) is 0 Å². The smallest absolute Gasteiger partial charge is 0.214 e. The van der Waals surface area contributed by atoms with E-state index >= 15 is 0 Å². The van der Waals surface area contributed by atoms with Crippen LogP contribution in [-0.2, 0) is 6.54 Å². The van der Waals surface area contributed by atoms with Gasteiger partial charge in [-0.25, -0.2) is 4.68 Å². The normalized spacial score (nSPS) is 10.4. The van der Waals surface area contributed by atoms with Crippen LogP contribution in [-0.4, -0.2) is 21.5 Å². The summed E-state index contributed by atoms with van der Waals surface area (Å²) in [5.74, 6) is 0.828. The van der Waals surface area contributed by atoms with E-state index in [0.29, 0.717) is 22.9 Å². The van der Waals surface area contributed by atoms with Gasteiger partial charge in [0.1, 0.15) is 12.1 Å². The molecule has 0 atom stereocenters. The molecule has 2 N–H and O–H groups in total. The highest BCUT2D eigenvalue weighted by atomic mass is 35.5. The highest BCUT2D eigenvalue weighted by Crippen LogP contribution is 2.23. The van der Waals surface area contributed by atoms with Gasteiger partial charge in [-0.05, 0) is 36.8 Å². The van der Waals surface area contributed by atoms with Crippen LogP contribution in [0.5, 0.6) is 5.75 Å². The maximum absolute atomic E-state index is 6.01. The summed E-state index contributed by atoms with van der Waals surface area (Å²) in [4.78, 5) is 0.